The highest BCUT2D eigenvalue weighted by Crippen LogP contribution is 2.24. The summed E-state index contributed by atoms with van der Waals surface area (Å²) in [5.41, 5.74) is 0.759. The van der Waals surface area contributed by atoms with Crippen LogP contribution in [0.15, 0.2) is 30.3 Å². The van der Waals surface area contributed by atoms with Crippen LogP contribution in [-0.2, 0) is 35.1 Å². The van der Waals surface area contributed by atoms with Crippen molar-refractivity contribution in [1.82, 2.24) is 9.80 Å². The number of aliphatic hydroxyl groups is 4. The number of hydrogen-bond acceptors (Lipinski definition) is 13. The van der Waals surface area contributed by atoms with E-state index in [9.17, 15) is 34.8 Å². The Kier molecular flexibility index (Phi) is 55.1. The summed E-state index contributed by atoms with van der Waals surface area (Å²) in [5, 5.41) is 45.4. The molecule has 0 saturated carbocycles. The number of nitrogens with zero attached hydrogens (tertiary/aromatic N) is 2. The first-order valence-corrected chi connectivity index (χ1v) is 36.7. The molecule has 1 aromatic rings. The van der Waals surface area contributed by atoms with E-state index in [2.05, 4.69) is 37.5 Å². The van der Waals surface area contributed by atoms with Gasteiger partial charge in [0.25, 0.3) is 0 Å². The second-order valence-electron chi connectivity index (χ2n) is 26.4. The van der Waals surface area contributed by atoms with E-state index >= 15 is 0 Å². The summed E-state index contributed by atoms with van der Waals surface area (Å²) in [5.74, 6) is -2.52. The highest BCUT2D eigenvalue weighted by Gasteiger charge is 2.38. The Morgan fingerprint density at radius 2 is 0.678 bits per heavy atom. The zero-order chi connectivity index (χ0) is 63.8. The molecule has 8 atom stereocenters. The fourth-order valence-electron chi connectivity index (χ4n) is 11.9. The zero-order valence-corrected chi connectivity index (χ0v) is 57.4. The molecule has 510 valence electrons. The van der Waals surface area contributed by atoms with Crippen molar-refractivity contribution in [1.29, 1.82) is 0 Å². The Labute approximate surface area is 534 Å². The van der Waals surface area contributed by atoms with Gasteiger partial charge in [-0.1, -0.05) is 291 Å². The lowest BCUT2D eigenvalue weighted by Gasteiger charge is -2.30. The van der Waals surface area contributed by atoms with Crippen LogP contribution in [0.2, 0.25) is 0 Å². The van der Waals surface area contributed by atoms with E-state index in [0.29, 0.717) is 97.1 Å². The maximum Gasteiger partial charge on any atom is 0.509 e. The molecule has 13 heteroatoms. The summed E-state index contributed by atoms with van der Waals surface area (Å²) >= 11 is 0. The normalized spacial score (nSPS) is 14.6. The number of benzene rings is 1. The summed E-state index contributed by atoms with van der Waals surface area (Å²) in [7, 11) is 0. The van der Waals surface area contributed by atoms with Gasteiger partial charge in [0.15, 0.2) is 0 Å². The first-order valence-electron chi connectivity index (χ1n) is 36.7. The number of carbonyl (C=O) groups excluding carboxylic acids is 3. The van der Waals surface area contributed by atoms with Gasteiger partial charge in [-0.05, 0) is 76.4 Å². The molecule has 0 aliphatic carbocycles. The number of aliphatic hydroxyl groups excluding tert-OH is 4. The maximum atomic E-state index is 14.7. The van der Waals surface area contributed by atoms with E-state index < -0.39 is 66.6 Å². The number of hydrogen-bond donors (Lipinski definition) is 4. The molecule has 1 rings (SSSR count). The third-order valence-corrected chi connectivity index (χ3v) is 17.6. The molecular weight excluding hydrogens is 1090 g/mol. The van der Waals surface area contributed by atoms with Crippen molar-refractivity contribution >= 4 is 18.1 Å². The molecule has 4 N–H and O–H groups in total. The lowest BCUT2D eigenvalue weighted by Crippen LogP contribution is -2.43. The van der Waals surface area contributed by atoms with Gasteiger partial charge < -0.3 is 39.4 Å². The second kappa shape index (κ2) is 58.3. The van der Waals surface area contributed by atoms with Crippen LogP contribution in [0.25, 0.3) is 0 Å². The minimum absolute atomic E-state index is 0.0553. The van der Waals surface area contributed by atoms with E-state index in [4.69, 9.17) is 18.9 Å². The predicted octanol–water partition coefficient (Wildman–Crippen LogP) is 18.0. The topological polar surface area (TPSA) is 176 Å². The molecule has 0 aliphatic rings. The Balaban J connectivity index is 3.30. The van der Waals surface area contributed by atoms with E-state index in [1.165, 1.54) is 154 Å². The van der Waals surface area contributed by atoms with Crippen molar-refractivity contribution in [2.45, 2.75) is 361 Å². The average molecular weight is 1230 g/mol. The summed E-state index contributed by atoms with van der Waals surface area (Å²) in [4.78, 5) is 46.6. The Bertz CT molecular complexity index is 1630. The van der Waals surface area contributed by atoms with Crippen LogP contribution in [0.4, 0.5) is 4.79 Å². The van der Waals surface area contributed by atoms with Gasteiger partial charge >= 0.3 is 18.1 Å². The van der Waals surface area contributed by atoms with Crippen LogP contribution in [-0.4, -0.2) is 131 Å². The molecule has 0 radical (unpaired) electrons. The highest BCUT2D eigenvalue weighted by molar-refractivity contribution is 5.83. The molecule has 0 aromatic heterocycles. The first kappa shape index (κ1) is 82.2. The molecule has 13 nitrogen and oxygen atoms in total. The van der Waals surface area contributed by atoms with Crippen molar-refractivity contribution in [2.75, 3.05) is 45.9 Å². The van der Waals surface area contributed by atoms with Gasteiger partial charge in [-0.25, -0.2) is 14.4 Å². The molecule has 0 bridgehead atoms. The van der Waals surface area contributed by atoms with E-state index in [1.54, 1.807) is 0 Å². The third kappa shape index (κ3) is 47.7. The molecule has 0 saturated heterocycles. The van der Waals surface area contributed by atoms with Crippen molar-refractivity contribution in [2.24, 2.45) is 11.8 Å². The largest absolute Gasteiger partial charge is 0.509 e. The predicted molar refractivity (Wildman–Crippen MR) is 360 cm³/mol. The van der Waals surface area contributed by atoms with E-state index in [1.807, 2.05) is 51.1 Å². The minimum Gasteiger partial charge on any atom is -0.463 e. The Hall–Kier alpha value is -2.81. The number of unbranched alkanes of at least 4 members (excludes halogenated alkanes) is 29. The first-order chi connectivity index (χ1) is 42.3. The lowest BCUT2D eigenvalue weighted by molar-refractivity contribution is -0.179. The quantitative estimate of drug-likeness (QED) is 0.0276. The van der Waals surface area contributed by atoms with Crippen LogP contribution < -0.4 is 0 Å². The zero-order valence-electron chi connectivity index (χ0n) is 57.4. The molecular formula is C74H138N2O11. The summed E-state index contributed by atoms with van der Waals surface area (Å²) in [6, 6.07) is 9.25. The van der Waals surface area contributed by atoms with E-state index in [-0.39, 0.29) is 13.2 Å². The van der Waals surface area contributed by atoms with Crippen molar-refractivity contribution in [3.63, 3.8) is 0 Å². The number of rotatable bonds is 63. The Morgan fingerprint density at radius 3 is 1.01 bits per heavy atom. The van der Waals surface area contributed by atoms with Crippen LogP contribution in [0.3, 0.4) is 0 Å². The van der Waals surface area contributed by atoms with Crippen molar-refractivity contribution in [3.05, 3.63) is 35.9 Å². The van der Waals surface area contributed by atoms with Gasteiger partial charge in [0.05, 0.1) is 31.0 Å². The summed E-state index contributed by atoms with van der Waals surface area (Å²) in [6.07, 6.45) is 38.8. The molecule has 0 heterocycles. The summed E-state index contributed by atoms with van der Waals surface area (Å²) < 4.78 is 23.4. The number of carbonyl (C=O) groups is 3. The number of ether oxygens (including phenoxy) is 4. The molecule has 0 amide bonds. The number of esters is 2. The molecule has 0 spiro atoms. The van der Waals surface area contributed by atoms with Gasteiger partial charge in [-0.3, -0.25) is 9.80 Å². The van der Waals surface area contributed by atoms with Gasteiger partial charge in [0.1, 0.15) is 6.61 Å². The van der Waals surface area contributed by atoms with Crippen LogP contribution in [0, 0.1) is 11.8 Å². The molecule has 0 aliphatic heterocycles. The average Bonchev–Trinajstić information content (AvgIpc) is 3.62. The van der Waals surface area contributed by atoms with Crippen LogP contribution in [0.5, 0.6) is 0 Å². The maximum absolute atomic E-state index is 14.7. The fourth-order valence-corrected chi connectivity index (χ4v) is 11.9. The van der Waals surface area contributed by atoms with Gasteiger partial charge in [-0.15, -0.1) is 0 Å². The summed E-state index contributed by atoms with van der Waals surface area (Å²) in [6.45, 7) is 17.7. The lowest BCUT2D eigenvalue weighted by atomic mass is 9.96. The standard InChI is InChI=1S/C74H138N2O11/c1-8-13-18-22-26-30-34-41-51-66(77)58-75(59-67(78)52-42-35-31-27-23-19-14-9-2)55-45-47-63(6)70(72(81)84-57-17-12-5)86-73(82)71(87-74(83)85-62-65-49-39-38-40-50-65)64(7)48-46-56-76(60-68(79)53-43-36-32-28-24-20-15-10-3)61-69(80)54-44-37-33-29-25-21-16-11-4/h38-40,49-50,63-64,66-71,77-80H,8-37,41-48,51-62H2,1-7H3. The molecule has 8 unspecified atom stereocenters. The van der Waals surface area contributed by atoms with Gasteiger partial charge in [0, 0.05) is 38.0 Å². The van der Waals surface area contributed by atoms with Crippen LogP contribution >= 0.6 is 0 Å². The molecule has 1 aromatic carbocycles. The molecule has 87 heavy (non-hydrogen) atoms. The van der Waals surface area contributed by atoms with Gasteiger partial charge in [0.2, 0.25) is 12.2 Å². The van der Waals surface area contributed by atoms with Gasteiger partial charge in [-0.2, -0.15) is 0 Å². The minimum atomic E-state index is -1.40. The van der Waals surface area contributed by atoms with Crippen molar-refractivity contribution < 1.29 is 53.8 Å². The van der Waals surface area contributed by atoms with E-state index in [0.717, 1.165) is 63.4 Å². The fraction of sp³-hybridized carbons (Fsp3) is 0.878. The smallest absolute Gasteiger partial charge is 0.463 e. The SMILES string of the molecule is CCCCCCCCCCC(O)CN(CCCC(C)C(OC(=O)OCc1ccccc1)C(=O)OC(C(=O)OCCCC)C(C)CCCN(CC(O)CCCCCCCCCC)CC(O)CCCCCCCCCC)CC(O)CCCCCCCCCC. The van der Waals surface area contributed by atoms with Crippen LogP contribution in [0.1, 0.15) is 324 Å². The third-order valence-electron chi connectivity index (χ3n) is 17.6. The molecule has 0 fully saturated rings. The van der Waals surface area contributed by atoms with Crippen molar-refractivity contribution in [3.8, 4) is 0 Å². The second-order valence-corrected chi connectivity index (χ2v) is 26.4. The monoisotopic (exact) mass is 1230 g/mol. The Morgan fingerprint density at radius 1 is 0.368 bits per heavy atom. The highest BCUT2D eigenvalue weighted by atomic mass is 16.7.